The Hall–Kier alpha value is -1.65. The molecule has 0 fully saturated rings. The minimum atomic E-state index is 0.625. The molecule has 0 bridgehead atoms. The third-order valence-corrected chi connectivity index (χ3v) is 1.84. The Bertz CT molecular complexity index is 365. The molecule has 0 amide bonds. The van der Waals surface area contributed by atoms with Gasteiger partial charge in [0.25, 0.3) is 0 Å². The monoisotopic (exact) mass is 178 g/mol. The van der Waals surface area contributed by atoms with Crippen LogP contribution in [0.5, 0.6) is 0 Å². The lowest BCUT2D eigenvalue weighted by molar-refractivity contribution is 0.408. The zero-order chi connectivity index (χ0) is 9.10. The largest absolute Gasteiger partial charge is 0.343 e. The summed E-state index contributed by atoms with van der Waals surface area (Å²) in [7, 11) is 0. The summed E-state index contributed by atoms with van der Waals surface area (Å²) in [5, 5.41) is 3.73. The second-order valence-corrected chi connectivity index (χ2v) is 2.67. The van der Waals surface area contributed by atoms with Gasteiger partial charge in [0.15, 0.2) is 5.82 Å². The lowest BCUT2D eigenvalue weighted by atomic mass is 10.4. The van der Waals surface area contributed by atoms with Gasteiger partial charge >= 0.3 is 0 Å². The summed E-state index contributed by atoms with van der Waals surface area (Å²) in [6.07, 6.45) is 5.93. The highest BCUT2D eigenvalue weighted by Gasteiger charge is 2.03. The molecule has 0 saturated carbocycles. The van der Waals surface area contributed by atoms with Crippen molar-refractivity contribution < 1.29 is 4.52 Å². The van der Waals surface area contributed by atoms with Gasteiger partial charge in [0.1, 0.15) is 5.82 Å². The van der Waals surface area contributed by atoms with E-state index >= 15 is 0 Å². The molecule has 2 heterocycles. The van der Waals surface area contributed by atoms with E-state index in [0.717, 1.165) is 12.2 Å². The zero-order valence-corrected chi connectivity index (χ0v) is 7.34. The molecule has 0 aromatic carbocycles. The van der Waals surface area contributed by atoms with E-state index in [2.05, 4.69) is 26.6 Å². The molecule has 0 aliphatic heterocycles. The fourth-order valence-electron chi connectivity index (χ4n) is 1.21. The van der Waals surface area contributed by atoms with E-state index < -0.39 is 0 Å². The molecule has 2 aromatic rings. The van der Waals surface area contributed by atoms with Crippen LogP contribution in [-0.2, 0) is 13.0 Å². The molecule has 13 heavy (non-hydrogen) atoms. The average Bonchev–Trinajstić information content (AvgIpc) is 2.76. The molecule has 0 saturated heterocycles. The molecule has 0 spiro atoms. The van der Waals surface area contributed by atoms with Crippen molar-refractivity contribution in [3.63, 3.8) is 0 Å². The van der Waals surface area contributed by atoms with Gasteiger partial charge in [-0.2, -0.15) is 4.98 Å². The van der Waals surface area contributed by atoms with Crippen molar-refractivity contribution in [3.8, 4) is 0 Å². The molecule has 0 atom stereocenters. The summed E-state index contributed by atoms with van der Waals surface area (Å²) in [5.74, 6) is 1.71. The number of aryl methyl sites for hydroxylation is 1. The van der Waals surface area contributed by atoms with Crippen molar-refractivity contribution in [2.45, 2.75) is 19.9 Å². The molecule has 68 valence electrons. The highest BCUT2D eigenvalue weighted by atomic mass is 16.5. The maximum absolute atomic E-state index is 4.64. The van der Waals surface area contributed by atoms with E-state index in [1.165, 1.54) is 6.39 Å². The summed E-state index contributed by atoms with van der Waals surface area (Å²) in [6.45, 7) is 2.69. The van der Waals surface area contributed by atoms with Gasteiger partial charge in [-0.15, -0.1) is 0 Å². The summed E-state index contributed by atoms with van der Waals surface area (Å²) in [5.41, 5.74) is 0. The quantitative estimate of drug-likeness (QED) is 0.700. The Kier molecular flexibility index (Phi) is 2.08. The zero-order valence-electron chi connectivity index (χ0n) is 7.34. The lowest BCUT2D eigenvalue weighted by Gasteiger charge is -2.01. The predicted octanol–water partition coefficient (Wildman–Crippen LogP) is 0.877. The molecule has 5 heteroatoms. The summed E-state index contributed by atoms with van der Waals surface area (Å²) >= 11 is 0. The van der Waals surface area contributed by atoms with Crippen molar-refractivity contribution >= 4 is 0 Å². The summed E-state index contributed by atoms with van der Waals surface area (Å²) in [6, 6.07) is 0. The van der Waals surface area contributed by atoms with Crippen LogP contribution in [0, 0.1) is 0 Å². The topological polar surface area (TPSA) is 56.7 Å². The molecular weight excluding hydrogens is 168 g/mol. The second kappa shape index (κ2) is 3.38. The minimum Gasteiger partial charge on any atom is -0.343 e. The van der Waals surface area contributed by atoms with Crippen LogP contribution in [0.25, 0.3) is 0 Å². The maximum atomic E-state index is 4.64. The fourth-order valence-corrected chi connectivity index (χ4v) is 1.21. The van der Waals surface area contributed by atoms with Gasteiger partial charge in [0.05, 0.1) is 6.54 Å². The van der Waals surface area contributed by atoms with Crippen molar-refractivity contribution in [2.75, 3.05) is 0 Å². The first-order valence-corrected chi connectivity index (χ1v) is 4.15. The van der Waals surface area contributed by atoms with E-state index in [1.54, 1.807) is 6.20 Å². The molecule has 0 N–H and O–H groups in total. The van der Waals surface area contributed by atoms with E-state index in [4.69, 9.17) is 0 Å². The Morgan fingerprint density at radius 1 is 1.46 bits per heavy atom. The van der Waals surface area contributed by atoms with Crippen molar-refractivity contribution in [1.82, 2.24) is 19.7 Å². The lowest BCUT2D eigenvalue weighted by Crippen LogP contribution is -2.04. The Labute approximate surface area is 75.4 Å². The number of nitrogens with zero attached hydrogens (tertiary/aromatic N) is 4. The number of hydrogen-bond donors (Lipinski definition) is 0. The van der Waals surface area contributed by atoms with Gasteiger partial charge < -0.3 is 9.09 Å². The molecule has 2 rings (SSSR count). The molecule has 0 radical (unpaired) electrons. The Balaban J connectivity index is 2.18. The first-order chi connectivity index (χ1) is 6.40. The van der Waals surface area contributed by atoms with Gasteiger partial charge in [-0.3, -0.25) is 0 Å². The van der Waals surface area contributed by atoms with Crippen LogP contribution in [0.4, 0.5) is 0 Å². The van der Waals surface area contributed by atoms with Gasteiger partial charge in [-0.25, -0.2) is 4.98 Å². The van der Waals surface area contributed by atoms with Crippen LogP contribution >= 0.6 is 0 Å². The van der Waals surface area contributed by atoms with Gasteiger partial charge in [-0.1, -0.05) is 12.1 Å². The van der Waals surface area contributed by atoms with Crippen molar-refractivity contribution in [1.29, 1.82) is 0 Å². The maximum Gasteiger partial charge on any atom is 0.213 e. The van der Waals surface area contributed by atoms with Crippen LogP contribution in [0.3, 0.4) is 0 Å². The Morgan fingerprint density at radius 2 is 2.38 bits per heavy atom. The average molecular weight is 178 g/mol. The van der Waals surface area contributed by atoms with Crippen LogP contribution in [0.2, 0.25) is 0 Å². The molecule has 0 aliphatic rings. The number of aromatic nitrogens is 4. The van der Waals surface area contributed by atoms with Crippen LogP contribution < -0.4 is 0 Å². The predicted molar refractivity (Wildman–Crippen MR) is 45.0 cm³/mol. The van der Waals surface area contributed by atoms with Crippen molar-refractivity contribution in [3.05, 3.63) is 30.4 Å². The Morgan fingerprint density at radius 3 is 3.08 bits per heavy atom. The third-order valence-electron chi connectivity index (χ3n) is 1.84. The number of hydrogen-bond acceptors (Lipinski definition) is 4. The van der Waals surface area contributed by atoms with Crippen molar-refractivity contribution in [2.24, 2.45) is 0 Å². The number of rotatable bonds is 3. The first kappa shape index (κ1) is 7.97. The first-order valence-electron chi connectivity index (χ1n) is 4.15. The standard InChI is InChI=1S/C8H10N4O/c1-2-8-9-3-4-12(8)5-7-10-6-13-11-7/h3-4,6H,2,5H2,1H3. The molecule has 0 unspecified atom stereocenters. The molecule has 5 nitrogen and oxygen atoms in total. The fraction of sp³-hybridized carbons (Fsp3) is 0.375. The highest BCUT2D eigenvalue weighted by Crippen LogP contribution is 2.01. The normalized spacial score (nSPS) is 10.5. The SMILES string of the molecule is CCc1nccn1Cc1ncon1. The van der Waals surface area contributed by atoms with E-state index in [0.29, 0.717) is 12.4 Å². The molecule has 0 aliphatic carbocycles. The van der Waals surface area contributed by atoms with E-state index in [1.807, 2.05) is 10.8 Å². The van der Waals surface area contributed by atoms with Gasteiger partial charge in [-0.05, 0) is 0 Å². The van der Waals surface area contributed by atoms with E-state index in [-0.39, 0.29) is 0 Å². The van der Waals surface area contributed by atoms with E-state index in [9.17, 15) is 0 Å². The van der Waals surface area contributed by atoms with Crippen LogP contribution in [-0.4, -0.2) is 19.7 Å². The minimum absolute atomic E-state index is 0.625. The summed E-state index contributed by atoms with van der Waals surface area (Å²) < 4.78 is 6.65. The number of imidazole rings is 1. The molecular formula is C8H10N4O. The van der Waals surface area contributed by atoms with Crippen LogP contribution in [0.15, 0.2) is 23.3 Å². The summed E-state index contributed by atoms with van der Waals surface area (Å²) in [4.78, 5) is 8.13. The smallest absolute Gasteiger partial charge is 0.213 e. The van der Waals surface area contributed by atoms with Crippen LogP contribution in [0.1, 0.15) is 18.6 Å². The third kappa shape index (κ3) is 1.58. The second-order valence-electron chi connectivity index (χ2n) is 2.67. The van der Waals surface area contributed by atoms with Gasteiger partial charge in [0.2, 0.25) is 6.39 Å². The van der Waals surface area contributed by atoms with Gasteiger partial charge in [0, 0.05) is 18.8 Å². The highest BCUT2D eigenvalue weighted by molar-refractivity contribution is 4.95. The molecule has 2 aromatic heterocycles.